The monoisotopic (exact) mass is 338 g/mol. The molecule has 122 valence electrons. The minimum absolute atomic E-state index is 0.0125. The van der Waals surface area contributed by atoms with Crippen molar-refractivity contribution in [2.24, 2.45) is 0 Å². The molecule has 0 spiro atoms. The van der Waals surface area contributed by atoms with Crippen LogP contribution in [0.15, 0.2) is 42.5 Å². The fourth-order valence-corrected chi connectivity index (χ4v) is 3.98. The van der Waals surface area contributed by atoms with E-state index in [1.54, 1.807) is 11.3 Å². The molecule has 1 fully saturated rings. The second-order valence-corrected chi connectivity index (χ2v) is 7.06. The first-order valence-corrected chi connectivity index (χ1v) is 8.88. The number of carbonyl (C=O) groups excluding carboxylic acids is 1. The Labute approximate surface area is 144 Å². The zero-order valence-corrected chi connectivity index (χ0v) is 14.3. The zero-order chi connectivity index (χ0) is 16.5. The van der Waals surface area contributed by atoms with Gasteiger partial charge < -0.3 is 9.64 Å². The lowest BCUT2D eigenvalue weighted by molar-refractivity contribution is 0.0299. The average Bonchev–Trinajstić information content (AvgIpc) is 3.03. The van der Waals surface area contributed by atoms with E-state index in [0.29, 0.717) is 32.0 Å². The molecule has 0 atom stereocenters. The van der Waals surface area contributed by atoms with Crippen LogP contribution in [0, 0.1) is 6.92 Å². The average molecular weight is 338 g/mol. The van der Waals surface area contributed by atoms with E-state index in [1.807, 2.05) is 30.0 Å². The van der Waals surface area contributed by atoms with Crippen LogP contribution < -0.4 is 0 Å². The number of aromatic nitrogens is 1. The Bertz CT molecular complexity index is 892. The van der Waals surface area contributed by atoms with Crippen molar-refractivity contribution in [1.82, 2.24) is 9.88 Å². The summed E-state index contributed by atoms with van der Waals surface area (Å²) in [4.78, 5) is 20.2. The van der Waals surface area contributed by atoms with Crippen molar-refractivity contribution in [2.75, 3.05) is 26.3 Å². The molecule has 4 rings (SSSR count). The standard InChI is InChI=1S/C19H18N2O2S/c1-13-17(19(22)21-9-11-23-12-10-21)20-18(24-13)16-8-4-6-14-5-2-3-7-15(14)16/h2-8H,9-12H2,1H3. The molecule has 1 aliphatic heterocycles. The zero-order valence-electron chi connectivity index (χ0n) is 13.5. The molecule has 0 radical (unpaired) electrons. The molecule has 2 heterocycles. The van der Waals surface area contributed by atoms with Gasteiger partial charge >= 0.3 is 0 Å². The summed E-state index contributed by atoms with van der Waals surface area (Å²) in [5, 5.41) is 3.25. The summed E-state index contributed by atoms with van der Waals surface area (Å²) in [6.07, 6.45) is 0. The molecule has 24 heavy (non-hydrogen) atoms. The van der Waals surface area contributed by atoms with Gasteiger partial charge in [-0.05, 0) is 17.7 Å². The number of carbonyl (C=O) groups is 1. The SMILES string of the molecule is Cc1sc(-c2cccc3ccccc23)nc1C(=O)N1CCOCC1. The van der Waals surface area contributed by atoms with Crippen molar-refractivity contribution >= 4 is 28.0 Å². The molecule has 2 aromatic carbocycles. The minimum Gasteiger partial charge on any atom is -0.378 e. The molecule has 0 aliphatic carbocycles. The number of hydrogen-bond acceptors (Lipinski definition) is 4. The van der Waals surface area contributed by atoms with E-state index >= 15 is 0 Å². The Morgan fingerprint density at radius 1 is 1.12 bits per heavy atom. The number of thiazole rings is 1. The van der Waals surface area contributed by atoms with Gasteiger partial charge in [0.25, 0.3) is 5.91 Å². The highest BCUT2D eigenvalue weighted by Gasteiger charge is 2.24. The van der Waals surface area contributed by atoms with Crippen LogP contribution >= 0.6 is 11.3 Å². The van der Waals surface area contributed by atoms with Crippen LogP contribution in [0.1, 0.15) is 15.4 Å². The van der Waals surface area contributed by atoms with Crippen LogP contribution in [0.25, 0.3) is 21.3 Å². The Hall–Kier alpha value is -2.24. The maximum Gasteiger partial charge on any atom is 0.273 e. The fraction of sp³-hybridized carbons (Fsp3) is 0.263. The van der Waals surface area contributed by atoms with Gasteiger partial charge in [0.15, 0.2) is 0 Å². The van der Waals surface area contributed by atoms with Gasteiger partial charge in [0.2, 0.25) is 0 Å². The van der Waals surface area contributed by atoms with E-state index in [0.717, 1.165) is 15.4 Å². The van der Waals surface area contributed by atoms with Crippen LogP contribution in [0.5, 0.6) is 0 Å². The van der Waals surface area contributed by atoms with Crippen molar-refractivity contribution in [3.63, 3.8) is 0 Å². The lowest BCUT2D eigenvalue weighted by Crippen LogP contribution is -2.41. The number of ether oxygens (including phenoxy) is 1. The van der Waals surface area contributed by atoms with Gasteiger partial charge in [-0.2, -0.15) is 0 Å². The first-order chi connectivity index (χ1) is 11.7. The summed E-state index contributed by atoms with van der Waals surface area (Å²) >= 11 is 1.58. The third-order valence-corrected chi connectivity index (χ3v) is 5.32. The lowest BCUT2D eigenvalue weighted by Gasteiger charge is -2.26. The third-order valence-electron chi connectivity index (χ3n) is 4.32. The molecule has 0 saturated carbocycles. The number of amides is 1. The van der Waals surface area contributed by atoms with Gasteiger partial charge in [0.1, 0.15) is 10.7 Å². The molecule has 3 aromatic rings. The molecule has 1 saturated heterocycles. The topological polar surface area (TPSA) is 42.4 Å². The normalized spacial score (nSPS) is 15.0. The Morgan fingerprint density at radius 2 is 1.88 bits per heavy atom. The minimum atomic E-state index is 0.0125. The van der Waals surface area contributed by atoms with Crippen LogP contribution in [-0.2, 0) is 4.74 Å². The predicted octanol–water partition coefficient (Wildman–Crippen LogP) is 3.74. The number of aryl methyl sites for hydroxylation is 1. The van der Waals surface area contributed by atoms with Crippen LogP contribution in [0.2, 0.25) is 0 Å². The second kappa shape index (κ2) is 6.34. The van der Waals surface area contributed by atoms with Crippen LogP contribution in [0.4, 0.5) is 0 Å². The maximum absolute atomic E-state index is 12.7. The van der Waals surface area contributed by atoms with Crippen molar-refractivity contribution in [2.45, 2.75) is 6.92 Å². The second-order valence-electron chi connectivity index (χ2n) is 5.86. The number of nitrogens with zero attached hydrogens (tertiary/aromatic N) is 2. The van der Waals surface area contributed by atoms with Gasteiger partial charge in [0.05, 0.1) is 13.2 Å². The number of rotatable bonds is 2. The summed E-state index contributed by atoms with van der Waals surface area (Å²) in [6.45, 7) is 4.45. The van der Waals surface area contributed by atoms with E-state index in [-0.39, 0.29) is 5.91 Å². The molecular formula is C19H18N2O2S. The molecule has 1 aromatic heterocycles. The molecule has 4 nitrogen and oxygen atoms in total. The first kappa shape index (κ1) is 15.3. The largest absolute Gasteiger partial charge is 0.378 e. The predicted molar refractivity (Wildman–Crippen MR) is 96.5 cm³/mol. The summed E-state index contributed by atoms with van der Waals surface area (Å²) in [7, 11) is 0. The Morgan fingerprint density at radius 3 is 2.71 bits per heavy atom. The molecule has 5 heteroatoms. The molecular weight excluding hydrogens is 320 g/mol. The number of hydrogen-bond donors (Lipinski definition) is 0. The van der Waals surface area contributed by atoms with E-state index < -0.39 is 0 Å². The Kier molecular flexibility index (Phi) is 4.04. The smallest absolute Gasteiger partial charge is 0.273 e. The number of fused-ring (bicyclic) bond motifs is 1. The van der Waals surface area contributed by atoms with Crippen molar-refractivity contribution < 1.29 is 9.53 Å². The Balaban J connectivity index is 1.74. The van der Waals surface area contributed by atoms with E-state index in [4.69, 9.17) is 9.72 Å². The van der Waals surface area contributed by atoms with E-state index in [9.17, 15) is 4.79 Å². The summed E-state index contributed by atoms with van der Waals surface area (Å²) in [5.74, 6) is 0.0125. The van der Waals surface area contributed by atoms with Crippen LogP contribution in [0.3, 0.4) is 0 Å². The molecule has 1 aliphatic rings. The van der Waals surface area contributed by atoms with E-state index in [1.165, 1.54) is 10.8 Å². The highest BCUT2D eigenvalue weighted by atomic mass is 32.1. The number of benzene rings is 2. The highest BCUT2D eigenvalue weighted by Crippen LogP contribution is 2.33. The summed E-state index contributed by atoms with van der Waals surface area (Å²) < 4.78 is 5.33. The van der Waals surface area contributed by atoms with Gasteiger partial charge in [0, 0.05) is 23.5 Å². The summed E-state index contributed by atoms with van der Waals surface area (Å²) in [6, 6.07) is 14.5. The molecule has 0 N–H and O–H groups in total. The summed E-state index contributed by atoms with van der Waals surface area (Å²) in [5.41, 5.74) is 1.66. The first-order valence-electron chi connectivity index (χ1n) is 8.06. The van der Waals surface area contributed by atoms with Crippen molar-refractivity contribution in [3.8, 4) is 10.6 Å². The number of morpholine rings is 1. The van der Waals surface area contributed by atoms with Gasteiger partial charge in [-0.3, -0.25) is 4.79 Å². The van der Waals surface area contributed by atoms with E-state index in [2.05, 4.69) is 24.3 Å². The van der Waals surface area contributed by atoms with Crippen molar-refractivity contribution in [3.05, 3.63) is 53.0 Å². The third kappa shape index (κ3) is 2.70. The lowest BCUT2D eigenvalue weighted by atomic mass is 10.1. The van der Waals surface area contributed by atoms with Crippen molar-refractivity contribution in [1.29, 1.82) is 0 Å². The maximum atomic E-state index is 12.7. The van der Waals surface area contributed by atoms with Gasteiger partial charge in [-0.15, -0.1) is 11.3 Å². The van der Waals surface area contributed by atoms with Gasteiger partial charge in [-0.1, -0.05) is 42.5 Å². The molecule has 0 unspecified atom stereocenters. The molecule has 0 bridgehead atoms. The fourth-order valence-electron chi connectivity index (χ4n) is 3.04. The highest BCUT2D eigenvalue weighted by molar-refractivity contribution is 7.15. The molecule has 1 amide bonds. The van der Waals surface area contributed by atoms with Gasteiger partial charge in [-0.25, -0.2) is 4.98 Å². The quantitative estimate of drug-likeness (QED) is 0.715. The van der Waals surface area contributed by atoms with Crippen LogP contribution in [-0.4, -0.2) is 42.1 Å².